The molecule has 0 bridgehead atoms. The second-order valence-corrected chi connectivity index (χ2v) is 5.80. The molecule has 2 heterocycles. The number of furan rings is 1. The van der Waals surface area contributed by atoms with E-state index in [0.717, 1.165) is 10.2 Å². The zero-order valence-corrected chi connectivity index (χ0v) is 12.5. The average Bonchev–Trinajstić information content (AvgIpc) is 2.71. The van der Waals surface area contributed by atoms with Gasteiger partial charge >= 0.3 is 0 Å². The molecule has 0 aliphatic heterocycles. The predicted octanol–water partition coefficient (Wildman–Crippen LogP) is 4.44. The minimum Gasteiger partial charge on any atom is -0.446 e. The van der Waals surface area contributed by atoms with Crippen molar-refractivity contribution in [2.24, 2.45) is 0 Å². The zero-order valence-electron chi connectivity index (χ0n) is 8.51. The second kappa shape index (κ2) is 4.43. The van der Waals surface area contributed by atoms with E-state index < -0.39 is 0 Å². The summed E-state index contributed by atoms with van der Waals surface area (Å²) in [6, 6.07) is 1.83. The van der Waals surface area contributed by atoms with Crippen LogP contribution in [0.2, 0.25) is 0 Å². The molecule has 0 N–H and O–H groups in total. The van der Waals surface area contributed by atoms with Crippen LogP contribution in [-0.4, -0.2) is 10.8 Å². The first-order valence-corrected chi connectivity index (χ1v) is 6.83. The van der Waals surface area contributed by atoms with Gasteiger partial charge in [0.2, 0.25) is 0 Å². The van der Waals surface area contributed by atoms with Crippen molar-refractivity contribution in [1.29, 1.82) is 0 Å². The van der Waals surface area contributed by atoms with E-state index in [4.69, 9.17) is 4.42 Å². The topological polar surface area (TPSA) is 43.1 Å². The maximum absolute atomic E-state index is 11.3. The molecule has 2 rings (SSSR count). The van der Waals surface area contributed by atoms with Crippen molar-refractivity contribution in [2.75, 3.05) is 0 Å². The molecule has 0 unspecified atom stereocenters. The highest BCUT2D eigenvalue weighted by molar-refractivity contribution is 9.13. The van der Waals surface area contributed by atoms with Gasteiger partial charge < -0.3 is 4.42 Å². The molecule has 0 aliphatic carbocycles. The molecular weight excluding hydrogens is 358 g/mol. The summed E-state index contributed by atoms with van der Waals surface area (Å²) in [4.78, 5) is 16.3. The molecule has 2 aromatic heterocycles. The fourth-order valence-electron chi connectivity index (χ4n) is 1.28. The van der Waals surface area contributed by atoms with Crippen LogP contribution in [0.5, 0.6) is 0 Å². The monoisotopic (exact) mass is 363 g/mol. The third-order valence-corrected chi connectivity index (χ3v) is 4.96. The van der Waals surface area contributed by atoms with E-state index in [9.17, 15) is 4.79 Å². The van der Waals surface area contributed by atoms with Crippen molar-refractivity contribution in [2.45, 2.75) is 13.8 Å². The summed E-state index contributed by atoms with van der Waals surface area (Å²) in [6.07, 6.45) is 0. The van der Waals surface area contributed by atoms with Crippen molar-refractivity contribution in [3.8, 4) is 10.8 Å². The predicted molar refractivity (Wildman–Crippen MR) is 70.0 cm³/mol. The Morgan fingerprint density at radius 1 is 1.50 bits per heavy atom. The standard InChI is InChI=1S/C10H7Br2NO2S/c1-4-8(5(2)14)16-10(13-4)7-3-6(11)9(12)15-7/h3H,1-2H3. The maximum atomic E-state index is 11.3. The fraction of sp³-hybridized carbons (Fsp3) is 0.200. The Hall–Kier alpha value is -0.460. The first-order valence-electron chi connectivity index (χ1n) is 4.42. The molecule has 0 amide bonds. The van der Waals surface area contributed by atoms with Gasteiger partial charge in [0.1, 0.15) is 0 Å². The molecule has 6 heteroatoms. The van der Waals surface area contributed by atoms with Crippen LogP contribution >= 0.6 is 43.2 Å². The molecule has 0 radical (unpaired) electrons. The van der Waals surface area contributed by atoms with Gasteiger partial charge in [-0.1, -0.05) is 0 Å². The number of thiazole rings is 1. The molecule has 0 aromatic carbocycles. The molecule has 0 atom stereocenters. The van der Waals surface area contributed by atoms with E-state index in [0.29, 0.717) is 20.3 Å². The molecule has 2 aromatic rings. The van der Waals surface area contributed by atoms with E-state index >= 15 is 0 Å². The second-order valence-electron chi connectivity index (χ2n) is 3.22. The number of aryl methyl sites for hydroxylation is 1. The molecule has 0 saturated heterocycles. The van der Waals surface area contributed by atoms with E-state index in [1.54, 1.807) is 0 Å². The van der Waals surface area contributed by atoms with Gasteiger partial charge in [-0.3, -0.25) is 4.79 Å². The van der Waals surface area contributed by atoms with Gasteiger partial charge in [-0.2, -0.15) is 0 Å². The van der Waals surface area contributed by atoms with E-state index in [1.807, 2.05) is 13.0 Å². The van der Waals surface area contributed by atoms with Crippen molar-refractivity contribution < 1.29 is 9.21 Å². The Kier molecular flexibility index (Phi) is 3.32. The van der Waals surface area contributed by atoms with Crippen LogP contribution < -0.4 is 0 Å². The lowest BCUT2D eigenvalue weighted by atomic mass is 10.3. The van der Waals surface area contributed by atoms with Crippen molar-refractivity contribution in [1.82, 2.24) is 4.98 Å². The minimum absolute atomic E-state index is 0.0333. The lowest BCUT2D eigenvalue weighted by molar-refractivity contribution is 0.102. The Balaban J connectivity index is 2.49. The fourth-order valence-corrected chi connectivity index (χ4v) is 2.77. The zero-order chi connectivity index (χ0) is 11.9. The molecule has 0 aliphatic rings. The first-order chi connectivity index (χ1) is 7.49. The summed E-state index contributed by atoms with van der Waals surface area (Å²) >= 11 is 7.95. The number of Topliss-reactive ketones (excluding diaryl/α,β-unsaturated/α-hetero) is 1. The number of carbonyl (C=O) groups excluding carboxylic acids is 1. The largest absolute Gasteiger partial charge is 0.446 e. The summed E-state index contributed by atoms with van der Waals surface area (Å²) < 4.78 is 6.91. The van der Waals surface area contributed by atoms with Crippen molar-refractivity contribution in [3.05, 3.63) is 25.8 Å². The Morgan fingerprint density at radius 3 is 2.62 bits per heavy atom. The number of nitrogens with zero attached hydrogens (tertiary/aromatic N) is 1. The van der Waals surface area contributed by atoms with Crippen LogP contribution in [0.1, 0.15) is 22.3 Å². The van der Waals surface area contributed by atoms with Crippen LogP contribution in [-0.2, 0) is 0 Å². The van der Waals surface area contributed by atoms with E-state index in [2.05, 4.69) is 36.8 Å². The van der Waals surface area contributed by atoms with Crippen LogP contribution in [0.3, 0.4) is 0 Å². The van der Waals surface area contributed by atoms with Gasteiger partial charge in [0, 0.05) is 13.0 Å². The van der Waals surface area contributed by atoms with Gasteiger partial charge in [0.05, 0.1) is 15.0 Å². The van der Waals surface area contributed by atoms with E-state index in [1.165, 1.54) is 18.3 Å². The van der Waals surface area contributed by atoms with Crippen LogP contribution in [0, 0.1) is 6.92 Å². The summed E-state index contributed by atoms with van der Waals surface area (Å²) in [7, 11) is 0. The average molecular weight is 365 g/mol. The highest BCUT2D eigenvalue weighted by Gasteiger charge is 2.16. The first kappa shape index (κ1) is 12.0. The SMILES string of the molecule is CC(=O)c1sc(-c2cc(Br)c(Br)o2)nc1C. The number of halogens is 2. The quantitative estimate of drug-likeness (QED) is 0.740. The number of ketones is 1. The van der Waals surface area contributed by atoms with Crippen LogP contribution in [0.15, 0.2) is 19.6 Å². The highest BCUT2D eigenvalue weighted by atomic mass is 79.9. The van der Waals surface area contributed by atoms with Gasteiger partial charge in [-0.25, -0.2) is 4.98 Å². The van der Waals surface area contributed by atoms with Crippen molar-refractivity contribution in [3.63, 3.8) is 0 Å². The summed E-state index contributed by atoms with van der Waals surface area (Å²) in [5.74, 6) is 0.685. The highest BCUT2D eigenvalue weighted by Crippen LogP contribution is 2.35. The van der Waals surface area contributed by atoms with Crippen LogP contribution in [0.25, 0.3) is 10.8 Å². The van der Waals surface area contributed by atoms with Gasteiger partial charge in [0.15, 0.2) is 21.2 Å². The summed E-state index contributed by atoms with van der Waals surface area (Å²) in [6.45, 7) is 3.36. The summed E-state index contributed by atoms with van der Waals surface area (Å²) in [5, 5.41) is 0.717. The number of carbonyl (C=O) groups is 1. The van der Waals surface area contributed by atoms with Crippen LogP contribution in [0.4, 0.5) is 0 Å². The molecule has 84 valence electrons. The summed E-state index contributed by atoms with van der Waals surface area (Å²) in [5.41, 5.74) is 0.746. The van der Waals surface area contributed by atoms with Gasteiger partial charge in [-0.15, -0.1) is 11.3 Å². The molecule has 3 nitrogen and oxygen atoms in total. The van der Waals surface area contributed by atoms with E-state index in [-0.39, 0.29) is 5.78 Å². The molecular formula is C10H7Br2NO2S. The Labute approximate surface area is 113 Å². The molecule has 0 saturated carbocycles. The number of aromatic nitrogens is 1. The third kappa shape index (κ3) is 2.14. The van der Waals surface area contributed by atoms with Gasteiger partial charge in [-0.05, 0) is 38.8 Å². The molecule has 16 heavy (non-hydrogen) atoms. The normalized spacial score (nSPS) is 10.8. The smallest absolute Gasteiger partial charge is 0.184 e. The van der Waals surface area contributed by atoms with Gasteiger partial charge in [0.25, 0.3) is 0 Å². The third-order valence-electron chi connectivity index (χ3n) is 1.97. The lowest BCUT2D eigenvalue weighted by Gasteiger charge is -1.86. The minimum atomic E-state index is 0.0333. The lowest BCUT2D eigenvalue weighted by Crippen LogP contribution is -1.89. The molecule has 0 fully saturated rings. The van der Waals surface area contributed by atoms with Crippen molar-refractivity contribution >= 4 is 49.0 Å². The number of rotatable bonds is 2. The molecule has 0 spiro atoms. The Bertz CT molecular complexity index is 540. The Morgan fingerprint density at radius 2 is 2.19 bits per heavy atom. The number of hydrogen-bond acceptors (Lipinski definition) is 4. The maximum Gasteiger partial charge on any atom is 0.184 e. The number of hydrogen-bond donors (Lipinski definition) is 0.